The fourth-order valence-corrected chi connectivity index (χ4v) is 1.55. The molecule has 0 unspecified atom stereocenters. The van der Waals surface area contributed by atoms with Gasteiger partial charge in [0.25, 0.3) is 5.91 Å². The number of amides is 1. The second kappa shape index (κ2) is 3.77. The molecule has 2 aromatic heterocycles. The first-order chi connectivity index (χ1) is 7.65. The van der Waals surface area contributed by atoms with Crippen LogP contribution in [0.4, 0.5) is 0 Å². The molecule has 0 aromatic carbocycles. The van der Waals surface area contributed by atoms with Gasteiger partial charge >= 0.3 is 0 Å². The molecule has 0 bridgehead atoms. The van der Waals surface area contributed by atoms with Gasteiger partial charge in [0.05, 0.1) is 0 Å². The van der Waals surface area contributed by atoms with Crippen LogP contribution in [0.2, 0.25) is 0 Å². The highest BCUT2D eigenvalue weighted by Gasteiger charge is 2.16. The summed E-state index contributed by atoms with van der Waals surface area (Å²) in [5.41, 5.74) is 1.23. The molecule has 0 aliphatic carbocycles. The molecular weight excluding hydrogens is 204 g/mol. The number of aromatic nitrogens is 3. The Labute approximate surface area is 93.0 Å². The van der Waals surface area contributed by atoms with E-state index in [4.69, 9.17) is 0 Å². The van der Waals surface area contributed by atoms with Gasteiger partial charge < -0.3 is 4.90 Å². The summed E-state index contributed by atoms with van der Waals surface area (Å²) in [6, 6.07) is 1.76. The Bertz CT molecular complexity index is 556. The van der Waals surface area contributed by atoms with Gasteiger partial charge in [-0.3, -0.25) is 9.36 Å². The normalized spacial score (nSPS) is 10.4. The maximum Gasteiger partial charge on any atom is 0.270 e. The molecular formula is C11H12N4O. The summed E-state index contributed by atoms with van der Waals surface area (Å²) in [6.07, 6.45) is 4.70. The molecule has 0 fully saturated rings. The monoisotopic (exact) mass is 216 g/mol. The number of carbonyl (C=O) groups excluding carboxylic acids is 1. The van der Waals surface area contributed by atoms with E-state index in [9.17, 15) is 4.79 Å². The molecule has 82 valence electrons. The van der Waals surface area contributed by atoms with Crippen molar-refractivity contribution in [3.8, 4) is 0 Å². The summed E-state index contributed by atoms with van der Waals surface area (Å²) in [7, 11) is 3.41. The van der Waals surface area contributed by atoms with Gasteiger partial charge in [-0.2, -0.15) is 0 Å². The quantitative estimate of drug-likeness (QED) is 0.758. The van der Waals surface area contributed by atoms with E-state index >= 15 is 0 Å². The number of fused-ring (bicyclic) bond motifs is 1. The Morgan fingerprint density at radius 3 is 2.94 bits per heavy atom. The van der Waals surface area contributed by atoms with Crippen LogP contribution in [0, 0.1) is 0 Å². The summed E-state index contributed by atoms with van der Waals surface area (Å²) < 4.78 is 1.67. The van der Waals surface area contributed by atoms with E-state index < -0.39 is 0 Å². The van der Waals surface area contributed by atoms with Crippen molar-refractivity contribution in [2.45, 2.75) is 0 Å². The third-order valence-electron chi connectivity index (χ3n) is 2.31. The SMILES string of the molecule is C=Cn1c(C(=O)N(C)C)cc2cncnc21. The van der Waals surface area contributed by atoms with E-state index in [-0.39, 0.29) is 5.91 Å². The predicted molar refractivity (Wildman–Crippen MR) is 61.9 cm³/mol. The minimum Gasteiger partial charge on any atom is -0.343 e. The summed E-state index contributed by atoms with van der Waals surface area (Å²) >= 11 is 0. The van der Waals surface area contributed by atoms with Crippen LogP contribution < -0.4 is 0 Å². The van der Waals surface area contributed by atoms with Crippen LogP contribution in [0.3, 0.4) is 0 Å². The van der Waals surface area contributed by atoms with Gasteiger partial charge in [0.2, 0.25) is 0 Å². The number of nitrogens with zero attached hydrogens (tertiary/aromatic N) is 4. The van der Waals surface area contributed by atoms with Crippen LogP contribution in [0.25, 0.3) is 17.2 Å². The topological polar surface area (TPSA) is 51.0 Å². The van der Waals surface area contributed by atoms with Gasteiger partial charge in [0, 0.05) is 31.9 Å². The highest BCUT2D eigenvalue weighted by Crippen LogP contribution is 2.17. The maximum absolute atomic E-state index is 11.9. The van der Waals surface area contributed by atoms with E-state index in [1.807, 2.05) is 0 Å². The molecule has 5 nitrogen and oxygen atoms in total. The fourth-order valence-electron chi connectivity index (χ4n) is 1.55. The average Bonchev–Trinajstić information content (AvgIpc) is 2.65. The van der Waals surface area contributed by atoms with Crippen molar-refractivity contribution < 1.29 is 4.79 Å². The largest absolute Gasteiger partial charge is 0.343 e. The van der Waals surface area contributed by atoms with Crippen molar-refractivity contribution in [3.05, 3.63) is 30.9 Å². The van der Waals surface area contributed by atoms with Gasteiger partial charge in [-0.25, -0.2) is 9.97 Å². The lowest BCUT2D eigenvalue weighted by Crippen LogP contribution is -2.23. The predicted octanol–water partition coefficient (Wildman–Crippen LogP) is 1.23. The van der Waals surface area contributed by atoms with Crippen LogP contribution in [0.5, 0.6) is 0 Å². The highest BCUT2D eigenvalue weighted by atomic mass is 16.2. The molecule has 0 N–H and O–H groups in total. The Morgan fingerprint density at radius 2 is 2.31 bits per heavy atom. The number of carbonyl (C=O) groups is 1. The van der Waals surface area contributed by atoms with Gasteiger partial charge in [-0.05, 0) is 6.07 Å². The van der Waals surface area contributed by atoms with E-state index in [2.05, 4.69) is 16.5 Å². The number of hydrogen-bond donors (Lipinski definition) is 0. The van der Waals surface area contributed by atoms with E-state index in [1.54, 1.807) is 37.1 Å². The summed E-state index contributed by atoms with van der Waals surface area (Å²) in [5, 5.41) is 0.826. The number of hydrogen-bond acceptors (Lipinski definition) is 3. The third kappa shape index (κ3) is 1.46. The van der Waals surface area contributed by atoms with E-state index in [0.29, 0.717) is 11.3 Å². The molecule has 1 amide bonds. The molecule has 0 spiro atoms. The van der Waals surface area contributed by atoms with Crippen molar-refractivity contribution in [2.24, 2.45) is 0 Å². The fraction of sp³-hybridized carbons (Fsp3) is 0.182. The smallest absolute Gasteiger partial charge is 0.270 e. The van der Waals surface area contributed by atoms with Crippen molar-refractivity contribution in [3.63, 3.8) is 0 Å². The van der Waals surface area contributed by atoms with Gasteiger partial charge in [0.1, 0.15) is 17.7 Å². The maximum atomic E-state index is 11.9. The van der Waals surface area contributed by atoms with Crippen molar-refractivity contribution in [2.75, 3.05) is 14.1 Å². The second-order valence-corrected chi connectivity index (χ2v) is 3.58. The minimum absolute atomic E-state index is 0.0853. The standard InChI is InChI=1S/C11H12N4O/c1-4-15-9(11(16)14(2)3)5-8-6-12-7-13-10(8)15/h4-7H,1H2,2-3H3. The summed E-state index contributed by atoms with van der Waals surface area (Å²) in [4.78, 5) is 21.5. The number of rotatable bonds is 2. The molecule has 5 heteroatoms. The van der Waals surface area contributed by atoms with Crippen LogP contribution in [0.15, 0.2) is 25.2 Å². The average molecular weight is 216 g/mol. The minimum atomic E-state index is -0.0853. The zero-order valence-corrected chi connectivity index (χ0v) is 9.21. The molecule has 2 heterocycles. The van der Waals surface area contributed by atoms with Crippen molar-refractivity contribution >= 4 is 23.1 Å². The van der Waals surface area contributed by atoms with E-state index in [0.717, 1.165) is 5.39 Å². The molecule has 0 aliphatic heterocycles. The molecule has 16 heavy (non-hydrogen) atoms. The molecule has 2 rings (SSSR count). The first-order valence-electron chi connectivity index (χ1n) is 4.80. The van der Waals surface area contributed by atoms with Crippen LogP contribution in [-0.2, 0) is 0 Å². The van der Waals surface area contributed by atoms with Crippen LogP contribution in [0.1, 0.15) is 10.5 Å². The Morgan fingerprint density at radius 1 is 1.56 bits per heavy atom. The highest BCUT2D eigenvalue weighted by molar-refractivity contribution is 5.98. The summed E-state index contributed by atoms with van der Waals surface area (Å²) in [6.45, 7) is 3.69. The Kier molecular flexibility index (Phi) is 2.44. The van der Waals surface area contributed by atoms with Crippen molar-refractivity contribution in [1.29, 1.82) is 0 Å². The van der Waals surface area contributed by atoms with Gasteiger partial charge in [-0.1, -0.05) is 6.58 Å². The lowest BCUT2D eigenvalue weighted by atomic mass is 10.3. The first-order valence-corrected chi connectivity index (χ1v) is 4.80. The van der Waals surface area contributed by atoms with Crippen LogP contribution >= 0.6 is 0 Å². The first kappa shape index (κ1) is 10.4. The second-order valence-electron chi connectivity index (χ2n) is 3.58. The molecule has 0 radical (unpaired) electrons. The summed E-state index contributed by atoms with van der Waals surface area (Å²) in [5.74, 6) is -0.0853. The zero-order chi connectivity index (χ0) is 11.7. The molecule has 2 aromatic rings. The van der Waals surface area contributed by atoms with Crippen LogP contribution in [-0.4, -0.2) is 39.4 Å². The Balaban J connectivity index is 2.70. The third-order valence-corrected chi connectivity index (χ3v) is 2.31. The molecule has 0 aliphatic rings. The lowest BCUT2D eigenvalue weighted by molar-refractivity contribution is 0.0821. The van der Waals surface area contributed by atoms with Gasteiger partial charge in [-0.15, -0.1) is 0 Å². The van der Waals surface area contributed by atoms with Crippen molar-refractivity contribution in [1.82, 2.24) is 19.4 Å². The molecule has 0 saturated carbocycles. The molecule has 0 saturated heterocycles. The Hall–Kier alpha value is -2.17. The zero-order valence-electron chi connectivity index (χ0n) is 9.21. The van der Waals surface area contributed by atoms with E-state index in [1.165, 1.54) is 11.2 Å². The van der Waals surface area contributed by atoms with Gasteiger partial charge in [0.15, 0.2) is 0 Å². The molecule has 0 atom stereocenters. The lowest BCUT2D eigenvalue weighted by Gasteiger charge is -2.10.